The average molecular weight is 404 g/mol. The molecule has 4 rings (SSSR count). The summed E-state index contributed by atoms with van der Waals surface area (Å²) in [7, 11) is 0. The van der Waals surface area contributed by atoms with E-state index in [4.69, 9.17) is 20.5 Å². The lowest BCUT2D eigenvalue weighted by atomic mass is 10.0. The molecule has 1 saturated heterocycles. The highest BCUT2D eigenvalue weighted by atomic mass is 35.5. The Morgan fingerprint density at radius 1 is 1.25 bits per heavy atom. The Balaban J connectivity index is 1.51. The predicted octanol–water partition coefficient (Wildman–Crippen LogP) is 4.29. The van der Waals surface area contributed by atoms with Crippen molar-refractivity contribution in [3.8, 4) is 11.5 Å². The van der Waals surface area contributed by atoms with E-state index in [1.54, 1.807) is 24.3 Å². The van der Waals surface area contributed by atoms with Crippen LogP contribution in [0.3, 0.4) is 0 Å². The molecule has 0 saturated carbocycles. The third kappa shape index (κ3) is 3.81. The Kier molecular flexibility index (Phi) is 5.45. The molecule has 6 nitrogen and oxygen atoms in total. The summed E-state index contributed by atoms with van der Waals surface area (Å²) < 4.78 is 24.9. The monoisotopic (exact) mass is 403 g/mol. The predicted molar refractivity (Wildman–Crippen MR) is 101 cm³/mol. The minimum Gasteiger partial charge on any atom is -0.461 e. The molecule has 1 aliphatic heterocycles. The Hall–Kier alpha value is -2.64. The van der Waals surface area contributed by atoms with Crippen LogP contribution in [0.5, 0.6) is 0 Å². The molecule has 0 bridgehead atoms. The quantitative estimate of drug-likeness (QED) is 0.664. The second-order valence-electron chi connectivity index (χ2n) is 6.66. The van der Waals surface area contributed by atoms with Crippen LogP contribution in [0, 0.1) is 5.82 Å². The molecular formula is C20H19ClFN3O3. The first-order valence-corrected chi connectivity index (χ1v) is 9.48. The molecule has 1 atom stereocenters. The molecule has 1 aromatic carbocycles. The number of hydrogen-bond donors (Lipinski definition) is 1. The van der Waals surface area contributed by atoms with Crippen LogP contribution in [0.15, 0.2) is 51.6 Å². The molecule has 1 aliphatic rings. The van der Waals surface area contributed by atoms with Crippen LogP contribution in [-0.2, 0) is 0 Å². The van der Waals surface area contributed by atoms with Crippen LogP contribution < -0.4 is 5.32 Å². The van der Waals surface area contributed by atoms with Crippen molar-refractivity contribution >= 4 is 17.5 Å². The van der Waals surface area contributed by atoms with Crippen molar-refractivity contribution in [3.05, 3.63) is 64.8 Å². The number of rotatable bonds is 6. The number of halogens is 2. The van der Waals surface area contributed by atoms with Crippen LogP contribution >= 0.6 is 11.6 Å². The number of nitrogens with one attached hydrogen (secondary N) is 1. The maximum Gasteiger partial charge on any atom is 0.273 e. The lowest BCUT2D eigenvalue weighted by Gasteiger charge is -2.29. The summed E-state index contributed by atoms with van der Waals surface area (Å²) >= 11 is 6.28. The van der Waals surface area contributed by atoms with Gasteiger partial charge < -0.3 is 14.3 Å². The zero-order chi connectivity index (χ0) is 19.5. The first-order valence-electron chi connectivity index (χ1n) is 9.10. The van der Waals surface area contributed by atoms with Gasteiger partial charge in [0.25, 0.3) is 5.91 Å². The van der Waals surface area contributed by atoms with E-state index in [0.29, 0.717) is 22.1 Å². The molecule has 2 aromatic heterocycles. The van der Waals surface area contributed by atoms with Crippen molar-refractivity contribution in [1.29, 1.82) is 0 Å². The maximum absolute atomic E-state index is 14.5. The highest BCUT2D eigenvalue weighted by Crippen LogP contribution is 2.32. The minimum atomic E-state index is -0.404. The number of nitrogens with zero attached hydrogens (tertiary/aromatic N) is 2. The van der Waals surface area contributed by atoms with E-state index in [2.05, 4.69) is 15.4 Å². The molecular weight excluding hydrogens is 385 g/mol. The van der Waals surface area contributed by atoms with Crippen LogP contribution in [0.4, 0.5) is 4.39 Å². The van der Waals surface area contributed by atoms with Gasteiger partial charge in [0.05, 0.1) is 12.3 Å². The van der Waals surface area contributed by atoms with Crippen molar-refractivity contribution in [2.45, 2.75) is 18.9 Å². The molecule has 0 radical (unpaired) electrons. The van der Waals surface area contributed by atoms with Gasteiger partial charge in [-0.1, -0.05) is 22.8 Å². The molecule has 1 amide bonds. The van der Waals surface area contributed by atoms with E-state index in [1.165, 1.54) is 18.4 Å². The van der Waals surface area contributed by atoms with E-state index in [-0.39, 0.29) is 24.1 Å². The fourth-order valence-corrected chi connectivity index (χ4v) is 3.78. The SMILES string of the molecule is O=C(NCC(c1c(F)cccc1Cl)N1CCCC1)c1cc(-c2ccco2)on1. The number of carbonyl (C=O) groups is 1. The first kappa shape index (κ1) is 18.7. The normalized spacial score (nSPS) is 15.6. The molecule has 0 aliphatic carbocycles. The molecule has 3 heterocycles. The van der Waals surface area contributed by atoms with E-state index in [9.17, 15) is 9.18 Å². The Morgan fingerprint density at radius 3 is 2.79 bits per heavy atom. The number of furan rings is 1. The zero-order valence-corrected chi connectivity index (χ0v) is 15.8. The zero-order valence-electron chi connectivity index (χ0n) is 15.0. The molecule has 8 heteroatoms. The smallest absolute Gasteiger partial charge is 0.273 e. The second kappa shape index (κ2) is 8.16. The van der Waals surface area contributed by atoms with Crippen LogP contribution in [0.2, 0.25) is 5.02 Å². The molecule has 28 heavy (non-hydrogen) atoms. The van der Waals surface area contributed by atoms with Gasteiger partial charge in [0.15, 0.2) is 11.5 Å². The number of likely N-dealkylation sites (tertiary alicyclic amines) is 1. The largest absolute Gasteiger partial charge is 0.461 e. The third-order valence-electron chi connectivity index (χ3n) is 4.88. The number of amides is 1. The topological polar surface area (TPSA) is 71.5 Å². The molecule has 0 spiro atoms. The fraction of sp³-hybridized carbons (Fsp3) is 0.300. The van der Waals surface area contributed by atoms with Gasteiger partial charge in [-0.25, -0.2) is 4.39 Å². The standard InChI is InChI=1S/C20H19ClFN3O3/c21-13-5-3-6-14(22)19(13)16(25-8-1-2-9-25)12-23-20(26)15-11-18(28-24-15)17-7-4-10-27-17/h3-7,10-11,16H,1-2,8-9,12H2,(H,23,26). The van der Waals surface area contributed by atoms with Crippen molar-refractivity contribution in [2.24, 2.45) is 0 Å². The van der Waals surface area contributed by atoms with Gasteiger partial charge in [-0.15, -0.1) is 0 Å². The Morgan fingerprint density at radius 2 is 2.07 bits per heavy atom. The van der Waals surface area contributed by atoms with Gasteiger partial charge in [0, 0.05) is 23.2 Å². The molecule has 3 aromatic rings. The van der Waals surface area contributed by atoms with Gasteiger partial charge in [-0.2, -0.15) is 0 Å². The van der Waals surface area contributed by atoms with Crippen molar-refractivity contribution in [2.75, 3.05) is 19.6 Å². The Labute approximate surface area is 166 Å². The van der Waals surface area contributed by atoms with Crippen LogP contribution in [0.1, 0.15) is 34.9 Å². The fourth-order valence-electron chi connectivity index (χ4n) is 3.49. The minimum absolute atomic E-state index is 0.131. The highest BCUT2D eigenvalue weighted by molar-refractivity contribution is 6.31. The number of benzene rings is 1. The second-order valence-corrected chi connectivity index (χ2v) is 7.07. The number of hydrogen-bond acceptors (Lipinski definition) is 5. The Bertz CT molecular complexity index is 931. The van der Waals surface area contributed by atoms with E-state index in [1.807, 2.05) is 0 Å². The lowest BCUT2D eigenvalue weighted by molar-refractivity contribution is 0.0928. The van der Waals surface area contributed by atoms with Crippen molar-refractivity contribution in [3.63, 3.8) is 0 Å². The number of aromatic nitrogens is 1. The van der Waals surface area contributed by atoms with Crippen molar-refractivity contribution in [1.82, 2.24) is 15.4 Å². The maximum atomic E-state index is 14.5. The van der Waals surface area contributed by atoms with Gasteiger partial charge >= 0.3 is 0 Å². The summed E-state index contributed by atoms with van der Waals surface area (Å²) in [5.74, 6) is 0.0708. The third-order valence-corrected chi connectivity index (χ3v) is 5.21. The number of carbonyl (C=O) groups excluding carboxylic acids is 1. The average Bonchev–Trinajstić information content (AvgIpc) is 3.45. The van der Waals surface area contributed by atoms with Gasteiger partial charge in [-0.3, -0.25) is 9.69 Å². The van der Waals surface area contributed by atoms with Crippen LogP contribution in [-0.4, -0.2) is 35.6 Å². The molecule has 1 unspecified atom stereocenters. The van der Waals surface area contributed by atoms with Gasteiger partial charge in [0.2, 0.25) is 5.76 Å². The summed E-state index contributed by atoms with van der Waals surface area (Å²) in [5, 5.41) is 6.98. The molecule has 146 valence electrons. The van der Waals surface area contributed by atoms with E-state index >= 15 is 0 Å². The van der Waals surface area contributed by atoms with E-state index < -0.39 is 5.91 Å². The lowest BCUT2D eigenvalue weighted by Crippen LogP contribution is -2.37. The summed E-state index contributed by atoms with van der Waals surface area (Å²) in [6.07, 6.45) is 3.58. The molecule has 1 N–H and O–H groups in total. The summed E-state index contributed by atoms with van der Waals surface area (Å²) in [4.78, 5) is 14.7. The van der Waals surface area contributed by atoms with Gasteiger partial charge in [0.1, 0.15) is 5.82 Å². The highest BCUT2D eigenvalue weighted by Gasteiger charge is 2.28. The van der Waals surface area contributed by atoms with Gasteiger partial charge in [-0.05, 0) is 50.2 Å². The summed E-state index contributed by atoms with van der Waals surface area (Å²) in [5.41, 5.74) is 0.536. The van der Waals surface area contributed by atoms with E-state index in [0.717, 1.165) is 25.9 Å². The van der Waals surface area contributed by atoms with Crippen molar-refractivity contribution < 1.29 is 18.1 Å². The summed E-state index contributed by atoms with van der Waals surface area (Å²) in [6.45, 7) is 1.87. The summed E-state index contributed by atoms with van der Waals surface area (Å²) in [6, 6.07) is 9.22. The van der Waals surface area contributed by atoms with Crippen LogP contribution in [0.25, 0.3) is 11.5 Å². The molecule has 1 fully saturated rings. The first-order chi connectivity index (χ1) is 13.6.